The minimum Gasteiger partial charge on any atom is -0.324 e. The van der Waals surface area contributed by atoms with Crippen LogP contribution in [0.4, 0.5) is 5.69 Å². The predicted octanol–water partition coefficient (Wildman–Crippen LogP) is 2.51. The third kappa shape index (κ3) is 4.40. The van der Waals surface area contributed by atoms with Crippen LogP contribution in [0.5, 0.6) is 0 Å². The van der Waals surface area contributed by atoms with Gasteiger partial charge in [-0.1, -0.05) is 17.7 Å². The molecule has 20 heavy (non-hydrogen) atoms. The Morgan fingerprint density at radius 3 is 2.85 bits per heavy atom. The van der Waals surface area contributed by atoms with Crippen LogP contribution in [0.1, 0.15) is 12.0 Å². The fourth-order valence-corrected chi connectivity index (χ4v) is 5.72. The molecule has 0 saturated carbocycles. The molecule has 1 unspecified atom stereocenters. The lowest BCUT2D eigenvalue weighted by molar-refractivity contribution is -0.113. The van der Waals surface area contributed by atoms with Crippen LogP contribution in [0.15, 0.2) is 18.2 Å². The first-order valence-electron chi connectivity index (χ1n) is 6.24. The van der Waals surface area contributed by atoms with Crippen molar-refractivity contribution in [1.82, 2.24) is 0 Å². The van der Waals surface area contributed by atoms with E-state index in [1.165, 1.54) is 11.8 Å². The van der Waals surface area contributed by atoms with Crippen molar-refractivity contribution in [1.29, 1.82) is 0 Å². The summed E-state index contributed by atoms with van der Waals surface area (Å²) in [5, 5.41) is 3.27. The maximum absolute atomic E-state index is 11.8. The molecule has 1 aromatic rings. The Morgan fingerprint density at radius 2 is 2.25 bits per heavy atom. The van der Waals surface area contributed by atoms with Gasteiger partial charge in [-0.3, -0.25) is 4.79 Å². The van der Waals surface area contributed by atoms with Gasteiger partial charge in [0.2, 0.25) is 5.91 Å². The highest BCUT2D eigenvalue weighted by Gasteiger charge is 2.28. The third-order valence-corrected chi connectivity index (χ3v) is 6.63. The number of carbonyl (C=O) groups is 1. The zero-order chi connectivity index (χ0) is 14.8. The van der Waals surface area contributed by atoms with Crippen LogP contribution in [-0.4, -0.2) is 36.8 Å². The number of halogens is 1. The molecule has 1 aliphatic heterocycles. The van der Waals surface area contributed by atoms with Crippen molar-refractivity contribution in [2.75, 3.05) is 22.6 Å². The molecule has 0 aliphatic carbocycles. The molecule has 1 fully saturated rings. The Hall–Kier alpha value is -0.720. The molecule has 0 spiro atoms. The number of rotatable bonds is 4. The number of amides is 1. The normalized spacial score (nSPS) is 20.8. The smallest absolute Gasteiger partial charge is 0.234 e. The molecule has 1 aliphatic rings. The molecule has 1 N–H and O–H groups in total. The first-order chi connectivity index (χ1) is 9.35. The standard InChI is InChI=1S/C13H16ClNO3S2/c1-9-2-3-12(11(14)6-9)15-13(16)7-19-10-4-5-20(17,18)8-10/h2-3,6,10H,4-5,7-8H2,1H3,(H,15,16). The maximum Gasteiger partial charge on any atom is 0.234 e. The van der Waals surface area contributed by atoms with E-state index < -0.39 is 9.84 Å². The molecule has 1 aromatic carbocycles. The summed E-state index contributed by atoms with van der Waals surface area (Å²) in [6.45, 7) is 1.92. The summed E-state index contributed by atoms with van der Waals surface area (Å²) in [5.41, 5.74) is 1.61. The second kappa shape index (κ2) is 6.37. The molecule has 4 nitrogen and oxygen atoms in total. The van der Waals surface area contributed by atoms with Crippen LogP contribution in [0, 0.1) is 6.92 Å². The summed E-state index contributed by atoms with van der Waals surface area (Å²) in [7, 11) is -2.89. The second-order valence-electron chi connectivity index (χ2n) is 4.87. The van der Waals surface area contributed by atoms with Crippen LogP contribution in [-0.2, 0) is 14.6 Å². The summed E-state index contributed by atoms with van der Waals surface area (Å²) in [4.78, 5) is 11.8. The van der Waals surface area contributed by atoms with Gasteiger partial charge in [0.15, 0.2) is 9.84 Å². The van der Waals surface area contributed by atoms with Gasteiger partial charge >= 0.3 is 0 Å². The highest BCUT2D eigenvalue weighted by Crippen LogP contribution is 2.26. The number of sulfone groups is 1. The van der Waals surface area contributed by atoms with Gasteiger partial charge in [-0.15, -0.1) is 11.8 Å². The number of hydrogen-bond acceptors (Lipinski definition) is 4. The lowest BCUT2D eigenvalue weighted by Crippen LogP contribution is -2.17. The SMILES string of the molecule is Cc1ccc(NC(=O)CSC2CCS(=O)(=O)C2)c(Cl)c1. The number of benzene rings is 1. The molecule has 1 saturated heterocycles. The molecular formula is C13H16ClNO3S2. The van der Waals surface area contributed by atoms with Gasteiger partial charge in [0.25, 0.3) is 0 Å². The predicted molar refractivity (Wildman–Crippen MR) is 84.3 cm³/mol. The average molecular weight is 334 g/mol. The molecule has 7 heteroatoms. The van der Waals surface area contributed by atoms with E-state index in [1.807, 2.05) is 13.0 Å². The zero-order valence-electron chi connectivity index (χ0n) is 11.1. The van der Waals surface area contributed by atoms with Crippen molar-refractivity contribution in [3.8, 4) is 0 Å². The van der Waals surface area contributed by atoms with Gasteiger partial charge in [0.1, 0.15) is 0 Å². The molecular weight excluding hydrogens is 318 g/mol. The largest absolute Gasteiger partial charge is 0.324 e. The lowest BCUT2D eigenvalue weighted by Gasteiger charge is -2.10. The van der Waals surface area contributed by atoms with E-state index in [2.05, 4.69) is 5.32 Å². The Balaban J connectivity index is 1.84. The Morgan fingerprint density at radius 1 is 1.50 bits per heavy atom. The zero-order valence-corrected chi connectivity index (χ0v) is 13.4. The van der Waals surface area contributed by atoms with E-state index in [4.69, 9.17) is 11.6 Å². The van der Waals surface area contributed by atoms with Crippen molar-refractivity contribution in [3.63, 3.8) is 0 Å². The summed E-state index contributed by atoms with van der Waals surface area (Å²) >= 11 is 7.43. The summed E-state index contributed by atoms with van der Waals surface area (Å²) in [6.07, 6.45) is 0.631. The maximum atomic E-state index is 11.8. The Labute approximate surface area is 128 Å². The van der Waals surface area contributed by atoms with Gasteiger partial charge in [-0.25, -0.2) is 8.42 Å². The molecule has 1 amide bonds. The number of nitrogens with one attached hydrogen (secondary N) is 1. The van der Waals surface area contributed by atoms with Crippen molar-refractivity contribution >= 4 is 44.8 Å². The molecule has 0 bridgehead atoms. The van der Waals surface area contributed by atoms with Gasteiger partial charge < -0.3 is 5.32 Å². The Bertz CT molecular complexity index is 616. The number of anilines is 1. The van der Waals surface area contributed by atoms with Gasteiger partial charge in [-0.05, 0) is 31.0 Å². The van der Waals surface area contributed by atoms with E-state index in [9.17, 15) is 13.2 Å². The lowest BCUT2D eigenvalue weighted by atomic mass is 10.2. The van der Waals surface area contributed by atoms with Crippen LogP contribution in [0.3, 0.4) is 0 Å². The van der Waals surface area contributed by atoms with E-state index in [1.54, 1.807) is 12.1 Å². The molecule has 1 atom stereocenters. The summed E-state index contributed by atoms with van der Waals surface area (Å²) in [5.74, 6) is 0.488. The molecule has 0 radical (unpaired) electrons. The topological polar surface area (TPSA) is 63.2 Å². The number of hydrogen-bond donors (Lipinski definition) is 1. The third-order valence-electron chi connectivity index (χ3n) is 3.04. The van der Waals surface area contributed by atoms with Gasteiger partial charge in [0, 0.05) is 5.25 Å². The molecule has 0 aromatic heterocycles. The minimum absolute atomic E-state index is 0.0271. The van der Waals surface area contributed by atoms with E-state index in [-0.39, 0.29) is 28.4 Å². The van der Waals surface area contributed by atoms with Crippen LogP contribution >= 0.6 is 23.4 Å². The van der Waals surface area contributed by atoms with E-state index in [0.29, 0.717) is 17.1 Å². The Kier molecular flexibility index (Phi) is 4.99. The van der Waals surface area contributed by atoms with Crippen molar-refractivity contribution in [2.24, 2.45) is 0 Å². The quantitative estimate of drug-likeness (QED) is 0.919. The first kappa shape index (κ1) is 15.7. The summed E-state index contributed by atoms with van der Waals surface area (Å²) < 4.78 is 22.6. The monoisotopic (exact) mass is 333 g/mol. The highest BCUT2D eigenvalue weighted by atomic mass is 35.5. The molecule has 2 rings (SSSR count). The highest BCUT2D eigenvalue weighted by molar-refractivity contribution is 8.02. The molecule has 1 heterocycles. The van der Waals surface area contributed by atoms with Gasteiger partial charge in [0.05, 0.1) is 28.0 Å². The summed E-state index contributed by atoms with van der Waals surface area (Å²) in [6, 6.07) is 5.42. The van der Waals surface area contributed by atoms with E-state index in [0.717, 1.165) is 5.56 Å². The number of aryl methyl sites for hydroxylation is 1. The van der Waals surface area contributed by atoms with Crippen molar-refractivity contribution < 1.29 is 13.2 Å². The number of carbonyl (C=O) groups excluding carboxylic acids is 1. The van der Waals surface area contributed by atoms with Crippen molar-refractivity contribution in [3.05, 3.63) is 28.8 Å². The van der Waals surface area contributed by atoms with Gasteiger partial charge in [-0.2, -0.15) is 0 Å². The van der Waals surface area contributed by atoms with E-state index >= 15 is 0 Å². The van der Waals surface area contributed by atoms with Crippen LogP contribution in [0.25, 0.3) is 0 Å². The van der Waals surface area contributed by atoms with Crippen LogP contribution in [0.2, 0.25) is 5.02 Å². The van der Waals surface area contributed by atoms with Crippen LogP contribution < -0.4 is 5.32 Å². The number of thioether (sulfide) groups is 1. The van der Waals surface area contributed by atoms with Crippen molar-refractivity contribution in [2.45, 2.75) is 18.6 Å². The second-order valence-corrected chi connectivity index (χ2v) is 8.79. The first-order valence-corrected chi connectivity index (χ1v) is 9.48. The molecule has 110 valence electrons. The fourth-order valence-electron chi connectivity index (χ4n) is 1.99. The average Bonchev–Trinajstić information content (AvgIpc) is 2.70. The minimum atomic E-state index is -2.89. The fraction of sp³-hybridized carbons (Fsp3) is 0.462.